The summed E-state index contributed by atoms with van der Waals surface area (Å²) in [6.07, 6.45) is 4.56. The minimum Gasteiger partial charge on any atom is -0.408 e. The summed E-state index contributed by atoms with van der Waals surface area (Å²) in [7, 11) is -4.28. The smallest absolute Gasteiger partial charge is 0.408 e. The molecular formula is C21H19FN4O4S2. The lowest BCUT2D eigenvalue weighted by molar-refractivity contribution is 0.412. The van der Waals surface area contributed by atoms with E-state index in [0.29, 0.717) is 5.92 Å². The highest BCUT2D eigenvalue weighted by Gasteiger charge is 2.28. The van der Waals surface area contributed by atoms with Crippen LogP contribution in [0.3, 0.4) is 0 Å². The van der Waals surface area contributed by atoms with E-state index in [1.807, 2.05) is 25.1 Å². The number of anilines is 1. The standard InChI is InChI=1S/C21H19FN4O4S2/c1-12(14-7-2-3-8-15(14)13-5-4-6-13)26-17-9-16(22)19(10-18(17)30-21(26)27)32(28,29)25-20-23-11-24-31-20/h2-3,7-13H,4-6H2,1H3,(H,23,24,25)/t12-/m1/s1. The highest BCUT2D eigenvalue weighted by molar-refractivity contribution is 7.93. The average molecular weight is 475 g/mol. The van der Waals surface area contributed by atoms with Gasteiger partial charge in [0.15, 0.2) is 5.58 Å². The van der Waals surface area contributed by atoms with E-state index in [0.717, 1.165) is 42.1 Å². The van der Waals surface area contributed by atoms with Gasteiger partial charge in [0, 0.05) is 23.7 Å². The van der Waals surface area contributed by atoms with Crippen LogP contribution >= 0.6 is 11.5 Å². The minimum absolute atomic E-state index is 0.00439. The van der Waals surface area contributed by atoms with Gasteiger partial charge in [0.2, 0.25) is 5.13 Å². The molecule has 1 aliphatic rings. The van der Waals surface area contributed by atoms with Gasteiger partial charge in [-0.2, -0.15) is 4.37 Å². The molecule has 0 saturated heterocycles. The van der Waals surface area contributed by atoms with E-state index in [1.54, 1.807) is 0 Å². The first-order valence-corrected chi connectivity index (χ1v) is 12.3. The molecule has 1 aliphatic carbocycles. The lowest BCUT2D eigenvalue weighted by atomic mass is 9.77. The van der Waals surface area contributed by atoms with Gasteiger partial charge in [-0.3, -0.25) is 9.29 Å². The van der Waals surface area contributed by atoms with Gasteiger partial charge in [-0.25, -0.2) is 22.6 Å². The van der Waals surface area contributed by atoms with Gasteiger partial charge in [0.1, 0.15) is 17.0 Å². The SMILES string of the molecule is C[C@H](c1ccccc1C1CCC1)n1c(=O)oc2cc(S(=O)(=O)Nc3ncns3)c(F)cc21. The second-order valence-corrected chi connectivity index (χ2v) is 10.2. The van der Waals surface area contributed by atoms with Crippen LogP contribution in [0.25, 0.3) is 11.1 Å². The predicted octanol–water partition coefficient (Wildman–Crippen LogP) is 4.26. The monoisotopic (exact) mass is 474 g/mol. The number of nitrogens with zero attached hydrogens (tertiary/aromatic N) is 3. The van der Waals surface area contributed by atoms with Crippen LogP contribution in [-0.4, -0.2) is 22.3 Å². The molecule has 5 rings (SSSR count). The Labute approximate surface area is 186 Å². The first-order chi connectivity index (χ1) is 15.3. The van der Waals surface area contributed by atoms with Crippen LogP contribution in [0, 0.1) is 5.82 Å². The molecule has 8 nitrogen and oxygen atoms in total. The van der Waals surface area contributed by atoms with Crippen molar-refractivity contribution in [3.05, 3.63) is 70.2 Å². The molecule has 0 radical (unpaired) electrons. The van der Waals surface area contributed by atoms with Gasteiger partial charge < -0.3 is 4.42 Å². The molecule has 1 fully saturated rings. The van der Waals surface area contributed by atoms with E-state index in [1.165, 1.54) is 22.9 Å². The van der Waals surface area contributed by atoms with Crippen molar-refractivity contribution in [3.8, 4) is 0 Å². The Balaban J connectivity index is 1.59. The van der Waals surface area contributed by atoms with Crippen LogP contribution in [0.4, 0.5) is 9.52 Å². The zero-order chi connectivity index (χ0) is 22.5. The van der Waals surface area contributed by atoms with Crippen molar-refractivity contribution in [3.63, 3.8) is 0 Å². The summed E-state index contributed by atoms with van der Waals surface area (Å²) in [4.78, 5) is 15.8. The fraction of sp³-hybridized carbons (Fsp3) is 0.286. The van der Waals surface area contributed by atoms with Crippen molar-refractivity contribution in [2.24, 2.45) is 0 Å². The quantitative estimate of drug-likeness (QED) is 0.447. The average Bonchev–Trinajstić information content (AvgIpc) is 3.32. The minimum atomic E-state index is -4.28. The lowest BCUT2D eigenvalue weighted by Gasteiger charge is -2.29. The van der Waals surface area contributed by atoms with Crippen molar-refractivity contribution >= 4 is 37.8 Å². The van der Waals surface area contributed by atoms with Gasteiger partial charge in [-0.15, -0.1) is 0 Å². The second-order valence-electron chi connectivity index (χ2n) is 7.77. The molecule has 11 heteroatoms. The Bertz CT molecular complexity index is 1460. The fourth-order valence-electron chi connectivity index (χ4n) is 4.12. The molecule has 2 heterocycles. The summed E-state index contributed by atoms with van der Waals surface area (Å²) >= 11 is 0.821. The number of hydrogen-bond donors (Lipinski definition) is 1. The number of nitrogens with one attached hydrogen (secondary N) is 1. The maximum absolute atomic E-state index is 15.0. The first kappa shape index (κ1) is 20.8. The molecule has 166 valence electrons. The van der Waals surface area contributed by atoms with Gasteiger partial charge >= 0.3 is 5.76 Å². The zero-order valence-electron chi connectivity index (χ0n) is 17.0. The highest BCUT2D eigenvalue weighted by atomic mass is 32.2. The Kier molecular flexibility index (Phi) is 5.09. The van der Waals surface area contributed by atoms with Crippen molar-refractivity contribution in [1.82, 2.24) is 13.9 Å². The van der Waals surface area contributed by atoms with Gasteiger partial charge in [-0.1, -0.05) is 30.7 Å². The molecule has 2 aromatic heterocycles. The topological polar surface area (TPSA) is 107 Å². The number of benzene rings is 2. The van der Waals surface area contributed by atoms with E-state index in [9.17, 15) is 17.6 Å². The van der Waals surface area contributed by atoms with E-state index < -0.39 is 32.5 Å². The van der Waals surface area contributed by atoms with Gasteiger partial charge in [0.05, 0.1) is 11.6 Å². The summed E-state index contributed by atoms with van der Waals surface area (Å²) in [5.41, 5.74) is 2.32. The molecule has 4 aromatic rings. The summed E-state index contributed by atoms with van der Waals surface area (Å²) in [5.74, 6) is -1.23. The summed E-state index contributed by atoms with van der Waals surface area (Å²) in [5, 5.41) is 0.00439. The number of fused-ring (bicyclic) bond motifs is 1. The number of rotatable bonds is 6. The molecule has 1 saturated carbocycles. The molecule has 32 heavy (non-hydrogen) atoms. The Morgan fingerprint density at radius 2 is 2.06 bits per heavy atom. The fourth-order valence-corrected chi connectivity index (χ4v) is 5.85. The molecule has 0 aliphatic heterocycles. The maximum Gasteiger partial charge on any atom is 0.420 e. The van der Waals surface area contributed by atoms with Crippen molar-refractivity contribution in [2.75, 3.05) is 4.72 Å². The van der Waals surface area contributed by atoms with Crippen LogP contribution < -0.4 is 10.5 Å². The number of oxazole rings is 1. The van der Waals surface area contributed by atoms with Crippen LogP contribution in [0.2, 0.25) is 0 Å². The Hall–Kier alpha value is -3.05. The number of sulfonamides is 1. The van der Waals surface area contributed by atoms with Crippen LogP contribution in [0.1, 0.15) is 49.3 Å². The van der Waals surface area contributed by atoms with Crippen molar-refractivity contribution in [1.29, 1.82) is 0 Å². The largest absolute Gasteiger partial charge is 0.420 e. The molecule has 0 spiro atoms. The highest BCUT2D eigenvalue weighted by Crippen LogP contribution is 2.40. The number of hydrogen-bond acceptors (Lipinski definition) is 7. The van der Waals surface area contributed by atoms with E-state index in [2.05, 4.69) is 20.1 Å². The number of halogens is 1. The third-order valence-corrected chi connectivity index (χ3v) is 7.98. The maximum atomic E-state index is 15.0. The summed E-state index contributed by atoms with van der Waals surface area (Å²) in [6.45, 7) is 1.85. The first-order valence-electron chi connectivity index (χ1n) is 10.1. The molecule has 1 atom stereocenters. The predicted molar refractivity (Wildman–Crippen MR) is 118 cm³/mol. The molecular weight excluding hydrogens is 455 g/mol. The van der Waals surface area contributed by atoms with E-state index in [-0.39, 0.29) is 16.2 Å². The second kappa shape index (κ2) is 7.82. The Morgan fingerprint density at radius 1 is 1.28 bits per heavy atom. The molecule has 1 N–H and O–H groups in total. The van der Waals surface area contributed by atoms with E-state index >= 15 is 0 Å². The summed E-state index contributed by atoms with van der Waals surface area (Å²) in [6, 6.07) is 9.54. The normalized spacial score (nSPS) is 15.6. The molecule has 0 amide bonds. The zero-order valence-corrected chi connectivity index (χ0v) is 18.6. The lowest BCUT2D eigenvalue weighted by Crippen LogP contribution is -2.22. The summed E-state index contributed by atoms with van der Waals surface area (Å²) < 4.78 is 52.8. The van der Waals surface area contributed by atoms with Crippen molar-refractivity contribution < 1.29 is 17.2 Å². The van der Waals surface area contributed by atoms with Crippen LogP contribution in [-0.2, 0) is 10.0 Å². The van der Waals surface area contributed by atoms with Gasteiger partial charge in [0.25, 0.3) is 10.0 Å². The third kappa shape index (κ3) is 3.51. The Morgan fingerprint density at radius 3 is 2.75 bits per heavy atom. The van der Waals surface area contributed by atoms with Gasteiger partial charge in [-0.05, 0) is 36.8 Å². The van der Waals surface area contributed by atoms with Crippen molar-refractivity contribution in [2.45, 2.75) is 43.0 Å². The third-order valence-electron chi connectivity index (χ3n) is 5.92. The van der Waals surface area contributed by atoms with Crippen LogP contribution in [0.5, 0.6) is 0 Å². The van der Waals surface area contributed by atoms with E-state index in [4.69, 9.17) is 4.42 Å². The molecule has 2 aromatic carbocycles. The van der Waals surface area contributed by atoms with Crippen LogP contribution in [0.15, 0.2) is 56.8 Å². The number of aromatic nitrogens is 3. The molecule has 0 bridgehead atoms. The molecule has 0 unspecified atom stereocenters.